The maximum absolute atomic E-state index is 12.4. The molecule has 2 atom stereocenters. The van der Waals surface area contributed by atoms with Crippen LogP contribution in [0.15, 0.2) is 30.4 Å². The number of carbonyl (C=O) groups is 3. The normalized spacial score (nSPS) is 21.1. The minimum absolute atomic E-state index is 0.0201. The summed E-state index contributed by atoms with van der Waals surface area (Å²) in [6.45, 7) is -0.0201. The molecule has 0 radical (unpaired) electrons. The first-order chi connectivity index (χ1) is 12.9. The molecule has 142 valence electrons. The number of rotatable bonds is 6. The zero-order chi connectivity index (χ0) is 19.6. The summed E-state index contributed by atoms with van der Waals surface area (Å²) < 4.78 is 5.09. The molecule has 3 rings (SSSR count). The lowest BCUT2D eigenvalue weighted by Crippen LogP contribution is -2.34. The number of anilines is 1. The highest BCUT2D eigenvalue weighted by Crippen LogP contribution is 2.35. The van der Waals surface area contributed by atoms with Crippen molar-refractivity contribution in [2.75, 3.05) is 19.0 Å². The van der Waals surface area contributed by atoms with Crippen LogP contribution in [0.25, 0.3) is 0 Å². The van der Waals surface area contributed by atoms with E-state index in [9.17, 15) is 24.5 Å². The molecule has 27 heavy (non-hydrogen) atoms. The van der Waals surface area contributed by atoms with E-state index < -0.39 is 10.8 Å². The fourth-order valence-electron chi connectivity index (χ4n) is 3.42. The van der Waals surface area contributed by atoms with Crippen LogP contribution < -0.4 is 10.1 Å². The van der Waals surface area contributed by atoms with Crippen LogP contribution in [-0.2, 0) is 14.4 Å². The molecule has 1 fully saturated rings. The van der Waals surface area contributed by atoms with Gasteiger partial charge < -0.3 is 10.1 Å². The molecule has 9 heteroatoms. The molecule has 9 nitrogen and oxygen atoms in total. The van der Waals surface area contributed by atoms with E-state index in [0.29, 0.717) is 12.8 Å². The number of ether oxygens (including phenoxy) is 1. The van der Waals surface area contributed by atoms with Crippen LogP contribution >= 0.6 is 0 Å². The number of allylic oxidation sites excluding steroid dienone is 2. The number of likely N-dealkylation sites (tertiary alicyclic amines) is 1. The van der Waals surface area contributed by atoms with Gasteiger partial charge in [-0.2, -0.15) is 0 Å². The maximum Gasteiger partial charge on any atom is 0.271 e. The molecule has 1 aliphatic carbocycles. The summed E-state index contributed by atoms with van der Waals surface area (Å²) in [4.78, 5) is 48.5. The van der Waals surface area contributed by atoms with E-state index in [2.05, 4.69) is 5.32 Å². The highest BCUT2D eigenvalue weighted by atomic mass is 16.6. The predicted octanol–water partition coefficient (Wildman–Crippen LogP) is 1.88. The quantitative estimate of drug-likeness (QED) is 0.352. The number of nitrogens with zero attached hydrogens (tertiary/aromatic N) is 2. The molecular formula is C18H19N3O6. The summed E-state index contributed by atoms with van der Waals surface area (Å²) in [7, 11) is 1.38. The number of hydrogen-bond donors (Lipinski definition) is 1. The number of fused-ring (bicyclic) bond motifs is 1. The predicted molar refractivity (Wildman–Crippen MR) is 95.0 cm³/mol. The Morgan fingerprint density at radius 1 is 1.26 bits per heavy atom. The number of carbonyl (C=O) groups excluding carboxylic acids is 3. The summed E-state index contributed by atoms with van der Waals surface area (Å²) >= 11 is 0. The van der Waals surface area contributed by atoms with Crippen molar-refractivity contribution >= 4 is 29.1 Å². The maximum atomic E-state index is 12.4. The van der Waals surface area contributed by atoms with Gasteiger partial charge in [-0.1, -0.05) is 12.2 Å². The van der Waals surface area contributed by atoms with Gasteiger partial charge in [0.2, 0.25) is 17.7 Å². The average molecular weight is 373 g/mol. The van der Waals surface area contributed by atoms with Crippen molar-refractivity contribution in [2.24, 2.45) is 11.8 Å². The van der Waals surface area contributed by atoms with Gasteiger partial charge in [-0.05, 0) is 18.9 Å². The van der Waals surface area contributed by atoms with E-state index in [1.54, 1.807) is 0 Å². The molecule has 1 aromatic carbocycles. The Labute approximate surface area is 155 Å². The van der Waals surface area contributed by atoms with Crippen LogP contribution in [0.5, 0.6) is 5.75 Å². The molecule has 2 aliphatic rings. The molecule has 1 N–H and O–H groups in total. The Hall–Kier alpha value is -3.23. The van der Waals surface area contributed by atoms with Gasteiger partial charge in [-0.25, -0.2) is 0 Å². The number of non-ortho nitro benzene ring substituents is 1. The number of nitrogens with one attached hydrogen (secondary N) is 1. The standard InChI is InChI=1S/C18H19N3O6/c1-27-15-7-6-11(21(25)26)10-14(15)19-16(22)8-9-20-17(23)12-4-2-3-5-13(12)18(20)24/h2-3,6-7,10,12-13H,4-5,8-9H2,1H3,(H,19,22)/t12-,13+. The minimum Gasteiger partial charge on any atom is -0.495 e. The molecule has 1 heterocycles. The zero-order valence-corrected chi connectivity index (χ0v) is 14.7. The van der Waals surface area contributed by atoms with Crippen LogP contribution in [0.3, 0.4) is 0 Å². The van der Waals surface area contributed by atoms with Crippen molar-refractivity contribution in [1.82, 2.24) is 4.90 Å². The first-order valence-electron chi connectivity index (χ1n) is 8.55. The monoisotopic (exact) mass is 373 g/mol. The Balaban J connectivity index is 1.64. The third kappa shape index (κ3) is 3.67. The van der Waals surface area contributed by atoms with Gasteiger partial charge in [0.15, 0.2) is 0 Å². The summed E-state index contributed by atoms with van der Waals surface area (Å²) in [6, 6.07) is 3.86. The van der Waals surface area contributed by atoms with Crippen molar-refractivity contribution in [3.63, 3.8) is 0 Å². The fraction of sp³-hybridized carbons (Fsp3) is 0.389. The molecular weight excluding hydrogens is 354 g/mol. The number of methoxy groups -OCH3 is 1. The summed E-state index contributed by atoms with van der Waals surface area (Å²) in [5.41, 5.74) is -0.0266. The molecule has 1 aliphatic heterocycles. The van der Waals surface area contributed by atoms with Crippen molar-refractivity contribution in [3.05, 3.63) is 40.5 Å². The van der Waals surface area contributed by atoms with Crippen LogP contribution in [0.4, 0.5) is 11.4 Å². The SMILES string of the molecule is COc1ccc([N+](=O)[O-])cc1NC(=O)CCN1C(=O)[C@H]2CC=CC[C@H]2C1=O. The topological polar surface area (TPSA) is 119 Å². The van der Waals surface area contributed by atoms with Gasteiger partial charge >= 0.3 is 0 Å². The third-order valence-corrected chi connectivity index (χ3v) is 4.83. The second-order valence-corrected chi connectivity index (χ2v) is 6.42. The molecule has 0 bridgehead atoms. The van der Waals surface area contributed by atoms with Gasteiger partial charge in [0.05, 0.1) is 29.6 Å². The zero-order valence-electron chi connectivity index (χ0n) is 14.7. The Kier molecular flexibility index (Phi) is 5.20. The van der Waals surface area contributed by atoms with Crippen LogP contribution in [-0.4, -0.2) is 41.2 Å². The van der Waals surface area contributed by atoms with Crippen LogP contribution in [0.2, 0.25) is 0 Å². The van der Waals surface area contributed by atoms with Gasteiger partial charge in [0, 0.05) is 25.1 Å². The highest BCUT2D eigenvalue weighted by Gasteiger charge is 2.46. The second kappa shape index (κ2) is 7.56. The fourth-order valence-corrected chi connectivity index (χ4v) is 3.42. The van der Waals surface area contributed by atoms with Crippen molar-refractivity contribution in [1.29, 1.82) is 0 Å². The van der Waals surface area contributed by atoms with E-state index in [4.69, 9.17) is 4.74 Å². The summed E-state index contributed by atoms with van der Waals surface area (Å²) in [5, 5.41) is 13.4. The number of amides is 3. The Morgan fingerprint density at radius 2 is 1.89 bits per heavy atom. The third-order valence-electron chi connectivity index (χ3n) is 4.83. The number of imide groups is 1. The molecule has 0 spiro atoms. The van der Waals surface area contributed by atoms with Gasteiger partial charge in [-0.15, -0.1) is 0 Å². The lowest BCUT2D eigenvalue weighted by atomic mass is 9.85. The molecule has 0 unspecified atom stereocenters. The van der Waals surface area contributed by atoms with Gasteiger partial charge in [0.1, 0.15) is 5.75 Å². The van der Waals surface area contributed by atoms with E-state index in [1.807, 2.05) is 12.2 Å². The van der Waals surface area contributed by atoms with Crippen molar-refractivity contribution in [3.8, 4) is 5.75 Å². The lowest BCUT2D eigenvalue weighted by Gasteiger charge is -2.15. The molecule has 3 amide bonds. The highest BCUT2D eigenvalue weighted by molar-refractivity contribution is 6.06. The Bertz CT molecular complexity index is 808. The smallest absolute Gasteiger partial charge is 0.271 e. The van der Waals surface area contributed by atoms with E-state index in [1.165, 1.54) is 25.3 Å². The summed E-state index contributed by atoms with van der Waals surface area (Å²) in [5.74, 6) is -1.34. The minimum atomic E-state index is -0.577. The van der Waals surface area contributed by atoms with Gasteiger partial charge in [0.25, 0.3) is 5.69 Å². The van der Waals surface area contributed by atoms with Crippen molar-refractivity contribution < 1.29 is 24.0 Å². The molecule has 0 saturated carbocycles. The van der Waals surface area contributed by atoms with E-state index >= 15 is 0 Å². The second-order valence-electron chi connectivity index (χ2n) is 6.42. The van der Waals surface area contributed by atoms with Crippen LogP contribution in [0, 0.1) is 22.0 Å². The first kappa shape index (κ1) is 18.6. The largest absolute Gasteiger partial charge is 0.495 e. The number of hydrogen-bond acceptors (Lipinski definition) is 6. The Morgan fingerprint density at radius 3 is 2.44 bits per heavy atom. The number of nitro benzene ring substituents is 1. The van der Waals surface area contributed by atoms with E-state index in [0.717, 1.165) is 4.90 Å². The lowest BCUT2D eigenvalue weighted by molar-refractivity contribution is -0.384. The summed E-state index contributed by atoms with van der Waals surface area (Å²) in [6.07, 6.45) is 4.79. The molecule has 0 aromatic heterocycles. The van der Waals surface area contributed by atoms with Crippen molar-refractivity contribution in [2.45, 2.75) is 19.3 Å². The first-order valence-corrected chi connectivity index (χ1v) is 8.55. The molecule has 1 saturated heterocycles. The number of benzene rings is 1. The number of nitro groups is 1. The van der Waals surface area contributed by atoms with Gasteiger partial charge in [-0.3, -0.25) is 29.4 Å². The average Bonchev–Trinajstić information content (AvgIpc) is 2.91. The molecule has 1 aromatic rings. The van der Waals surface area contributed by atoms with Crippen LogP contribution in [0.1, 0.15) is 19.3 Å². The van der Waals surface area contributed by atoms with E-state index in [-0.39, 0.29) is 53.7 Å².